The summed E-state index contributed by atoms with van der Waals surface area (Å²) in [7, 11) is 3.01. The standard InChI is InChI=1S/C22H25NO6/c1-5-28-19-9-7-6-8-16(19)10-13-21(24)29-15(2)22(25)23-18-14-17(26-3)11-12-20(18)27-4/h6-15H,5H2,1-4H3,(H,23,25)/b13-10+. The Morgan fingerprint density at radius 1 is 1.07 bits per heavy atom. The maximum Gasteiger partial charge on any atom is 0.331 e. The molecule has 1 N–H and O–H groups in total. The van der Waals surface area contributed by atoms with Gasteiger partial charge >= 0.3 is 5.97 Å². The summed E-state index contributed by atoms with van der Waals surface area (Å²) in [5.74, 6) is 0.547. The summed E-state index contributed by atoms with van der Waals surface area (Å²) >= 11 is 0. The smallest absolute Gasteiger partial charge is 0.331 e. The van der Waals surface area contributed by atoms with E-state index in [0.29, 0.717) is 29.5 Å². The SMILES string of the molecule is CCOc1ccccc1/C=C/C(=O)OC(C)C(=O)Nc1cc(OC)ccc1OC. The molecule has 1 atom stereocenters. The van der Waals surface area contributed by atoms with Crippen LogP contribution in [0.5, 0.6) is 17.2 Å². The van der Waals surface area contributed by atoms with E-state index in [1.165, 1.54) is 27.2 Å². The van der Waals surface area contributed by atoms with Gasteiger partial charge in [0, 0.05) is 17.7 Å². The molecule has 2 rings (SSSR count). The molecule has 0 radical (unpaired) electrons. The van der Waals surface area contributed by atoms with Gasteiger partial charge in [-0.15, -0.1) is 0 Å². The van der Waals surface area contributed by atoms with E-state index in [4.69, 9.17) is 18.9 Å². The molecule has 1 unspecified atom stereocenters. The molecule has 0 saturated heterocycles. The summed E-state index contributed by atoms with van der Waals surface area (Å²) < 4.78 is 21.1. The number of anilines is 1. The van der Waals surface area contributed by atoms with Crippen LogP contribution in [0.4, 0.5) is 5.69 Å². The Morgan fingerprint density at radius 2 is 1.83 bits per heavy atom. The second-order valence-electron chi connectivity index (χ2n) is 5.94. The minimum Gasteiger partial charge on any atom is -0.497 e. The summed E-state index contributed by atoms with van der Waals surface area (Å²) in [6, 6.07) is 12.3. The molecule has 7 nitrogen and oxygen atoms in total. The predicted octanol–water partition coefficient (Wildman–Crippen LogP) is 3.69. The highest BCUT2D eigenvalue weighted by Gasteiger charge is 2.18. The molecule has 2 aromatic carbocycles. The van der Waals surface area contributed by atoms with E-state index < -0.39 is 18.0 Å². The monoisotopic (exact) mass is 399 g/mol. The maximum atomic E-state index is 12.4. The molecule has 29 heavy (non-hydrogen) atoms. The number of para-hydroxylation sites is 1. The van der Waals surface area contributed by atoms with Crippen LogP contribution in [-0.2, 0) is 14.3 Å². The van der Waals surface area contributed by atoms with Crippen molar-refractivity contribution in [2.75, 3.05) is 26.1 Å². The van der Waals surface area contributed by atoms with Gasteiger partial charge in [-0.2, -0.15) is 0 Å². The van der Waals surface area contributed by atoms with Crippen molar-refractivity contribution in [3.05, 3.63) is 54.1 Å². The molecule has 2 aromatic rings. The Morgan fingerprint density at radius 3 is 2.52 bits per heavy atom. The van der Waals surface area contributed by atoms with E-state index in [0.717, 1.165) is 5.56 Å². The zero-order chi connectivity index (χ0) is 21.2. The molecule has 0 fully saturated rings. The summed E-state index contributed by atoms with van der Waals surface area (Å²) in [6.45, 7) is 3.88. The third-order valence-corrected chi connectivity index (χ3v) is 3.94. The highest BCUT2D eigenvalue weighted by atomic mass is 16.5. The van der Waals surface area contributed by atoms with Crippen LogP contribution in [0.3, 0.4) is 0 Å². The molecular formula is C22H25NO6. The number of rotatable bonds is 9. The first-order chi connectivity index (χ1) is 14.0. The predicted molar refractivity (Wildman–Crippen MR) is 110 cm³/mol. The molecule has 0 aliphatic carbocycles. The number of esters is 1. The van der Waals surface area contributed by atoms with Crippen molar-refractivity contribution < 1.29 is 28.5 Å². The van der Waals surface area contributed by atoms with Crippen molar-refractivity contribution in [3.8, 4) is 17.2 Å². The summed E-state index contributed by atoms with van der Waals surface area (Å²) in [5, 5.41) is 2.68. The normalized spacial score (nSPS) is 11.6. The van der Waals surface area contributed by atoms with Crippen molar-refractivity contribution >= 4 is 23.6 Å². The number of methoxy groups -OCH3 is 2. The highest BCUT2D eigenvalue weighted by Crippen LogP contribution is 2.29. The number of nitrogens with one attached hydrogen (secondary N) is 1. The fourth-order valence-electron chi connectivity index (χ4n) is 2.48. The number of carbonyl (C=O) groups excluding carboxylic acids is 2. The second kappa shape index (κ2) is 10.8. The number of benzene rings is 2. The molecule has 0 bridgehead atoms. The lowest BCUT2D eigenvalue weighted by atomic mass is 10.2. The van der Waals surface area contributed by atoms with Crippen molar-refractivity contribution in [2.45, 2.75) is 20.0 Å². The number of carbonyl (C=O) groups is 2. The van der Waals surface area contributed by atoms with Crippen LogP contribution in [-0.4, -0.2) is 38.8 Å². The van der Waals surface area contributed by atoms with Crippen LogP contribution in [0.2, 0.25) is 0 Å². The van der Waals surface area contributed by atoms with Gasteiger partial charge in [-0.25, -0.2) is 4.79 Å². The molecule has 0 heterocycles. The second-order valence-corrected chi connectivity index (χ2v) is 5.94. The molecule has 0 spiro atoms. The van der Waals surface area contributed by atoms with E-state index in [1.807, 2.05) is 31.2 Å². The first-order valence-corrected chi connectivity index (χ1v) is 9.11. The fourth-order valence-corrected chi connectivity index (χ4v) is 2.48. The van der Waals surface area contributed by atoms with Crippen LogP contribution >= 0.6 is 0 Å². The quantitative estimate of drug-likeness (QED) is 0.512. The first-order valence-electron chi connectivity index (χ1n) is 9.11. The van der Waals surface area contributed by atoms with E-state index in [9.17, 15) is 9.59 Å². The number of ether oxygens (including phenoxy) is 4. The molecular weight excluding hydrogens is 374 g/mol. The Labute approximate surface area is 170 Å². The summed E-state index contributed by atoms with van der Waals surface area (Å²) in [6.07, 6.45) is 1.83. The third kappa shape index (κ3) is 6.27. The highest BCUT2D eigenvalue weighted by molar-refractivity contribution is 5.97. The van der Waals surface area contributed by atoms with Crippen LogP contribution in [0.1, 0.15) is 19.4 Å². The first kappa shape index (κ1) is 21.8. The lowest BCUT2D eigenvalue weighted by Crippen LogP contribution is -2.29. The Hall–Kier alpha value is -3.48. The molecule has 0 aliphatic rings. The van der Waals surface area contributed by atoms with Crippen molar-refractivity contribution in [3.63, 3.8) is 0 Å². The van der Waals surface area contributed by atoms with Gasteiger partial charge in [-0.1, -0.05) is 18.2 Å². The van der Waals surface area contributed by atoms with E-state index in [1.54, 1.807) is 24.3 Å². The largest absolute Gasteiger partial charge is 0.497 e. The molecule has 1 amide bonds. The lowest BCUT2D eigenvalue weighted by Gasteiger charge is -2.15. The number of hydrogen-bond donors (Lipinski definition) is 1. The number of hydrogen-bond acceptors (Lipinski definition) is 6. The molecule has 0 saturated carbocycles. The van der Waals surface area contributed by atoms with Gasteiger partial charge in [-0.05, 0) is 38.1 Å². The average Bonchev–Trinajstić information content (AvgIpc) is 2.73. The molecule has 0 aromatic heterocycles. The van der Waals surface area contributed by atoms with Crippen molar-refractivity contribution in [1.82, 2.24) is 0 Å². The molecule has 0 aliphatic heterocycles. The zero-order valence-electron chi connectivity index (χ0n) is 16.9. The van der Waals surface area contributed by atoms with Crippen LogP contribution in [0.15, 0.2) is 48.5 Å². The van der Waals surface area contributed by atoms with Crippen LogP contribution in [0, 0.1) is 0 Å². The fraction of sp³-hybridized carbons (Fsp3) is 0.273. The van der Waals surface area contributed by atoms with Gasteiger partial charge in [-0.3, -0.25) is 4.79 Å². The van der Waals surface area contributed by atoms with Gasteiger partial charge in [0.25, 0.3) is 5.91 Å². The zero-order valence-corrected chi connectivity index (χ0v) is 16.9. The van der Waals surface area contributed by atoms with Gasteiger partial charge in [0.05, 0.1) is 26.5 Å². The lowest BCUT2D eigenvalue weighted by molar-refractivity contribution is -0.148. The van der Waals surface area contributed by atoms with Gasteiger partial charge in [0.2, 0.25) is 0 Å². The van der Waals surface area contributed by atoms with Crippen molar-refractivity contribution in [2.24, 2.45) is 0 Å². The summed E-state index contributed by atoms with van der Waals surface area (Å²) in [5.41, 5.74) is 1.16. The van der Waals surface area contributed by atoms with E-state index in [-0.39, 0.29) is 0 Å². The molecule has 7 heteroatoms. The minimum atomic E-state index is -1.01. The minimum absolute atomic E-state index is 0.418. The van der Waals surface area contributed by atoms with E-state index >= 15 is 0 Å². The van der Waals surface area contributed by atoms with Crippen molar-refractivity contribution in [1.29, 1.82) is 0 Å². The number of amides is 1. The Bertz CT molecular complexity index is 877. The molecule has 154 valence electrons. The van der Waals surface area contributed by atoms with Gasteiger partial charge in [0.1, 0.15) is 17.2 Å². The Kier molecular flexibility index (Phi) is 8.09. The topological polar surface area (TPSA) is 83.1 Å². The van der Waals surface area contributed by atoms with Gasteiger partial charge < -0.3 is 24.3 Å². The van der Waals surface area contributed by atoms with E-state index in [2.05, 4.69) is 5.32 Å². The summed E-state index contributed by atoms with van der Waals surface area (Å²) in [4.78, 5) is 24.5. The maximum absolute atomic E-state index is 12.4. The van der Waals surface area contributed by atoms with Crippen LogP contribution in [0.25, 0.3) is 6.08 Å². The van der Waals surface area contributed by atoms with Gasteiger partial charge in [0.15, 0.2) is 6.10 Å². The average molecular weight is 399 g/mol. The third-order valence-electron chi connectivity index (χ3n) is 3.94. The van der Waals surface area contributed by atoms with Crippen LogP contribution < -0.4 is 19.5 Å². The Balaban J connectivity index is 2.00.